The molecule has 1 saturated carbocycles. The van der Waals surface area contributed by atoms with E-state index in [4.69, 9.17) is 30.5 Å². The molecule has 0 bridgehead atoms. The van der Waals surface area contributed by atoms with E-state index in [9.17, 15) is 24.3 Å². The maximum absolute atomic E-state index is 14.3. The number of fused-ring (bicyclic) bond motifs is 2. The van der Waals surface area contributed by atoms with Crippen molar-refractivity contribution in [2.24, 2.45) is 11.8 Å². The van der Waals surface area contributed by atoms with Crippen LogP contribution in [0.5, 0.6) is 5.75 Å². The first-order valence-corrected chi connectivity index (χ1v) is 32.7. The molecule has 7 aliphatic rings. The molecular formula is C60H96ClN13O9S. The van der Waals surface area contributed by atoms with E-state index in [0.717, 1.165) is 93.6 Å². The van der Waals surface area contributed by atoms with Crippen molar-refractivity contribution >= 4 is 47.0 Å². The van der Waals surface area contributed by atoms with Crippen molar-refractivity contribution in [3.63, 3.8) is 0 Å². The van der Waals surface area contributed by atoms with Gasteiger partial charge in [-0.3, -0.25) is 35.2 Å². The average molecular weight is 1210 g/mol. The first-order chi connectivity index (χ1) is 40.8. The number of aliphatic hydroxyl groups excluding tert-OH is 1. The van der Waals surface area contributed by atoms with E-state index in [1.807, 2.05) is 55.9 Å². The van der Waals surface area contributed by atoms with Gasteiger partial charge in [0.2, 0.25) is 17.7 Å². The van der Waals surface area contributed by atoms with Gasteiger partial charge in [-0.2, -0.15) is 5.53 Å². The van der Waals surface area contributed by atoms with E-state index in [0.29, 0.717) is 94.6 Å². The Labute approximate surface area is 506 Å². The molecule has 2 aromatic rings. The molecule has 468 valence electrons. The number of nitrogens with one attached hydrogen (secondary N) is 9. The zero-order chi connectivity index (χ0) is 59.1. The minimum absolute atomic E-state index is 0.0119. The van der Waals surface area contributed by atoms with Gasteiger partial charge in [0.15, 0.2) is 0 Å². The van der Waals surface area contributed by atoms with E-state index in [-0.39, 0.29) is 90.7 Å². The lowest BCUT2D eigenvalue weighted by Gasteiger charge is -2.46. The minimum atomic E-state index is -0.894. The number of thioether (sulfide) groups is 1. The molecule has 7 unspecified atom stereocenters. The molecule has 9 rings (SSSR count). The maximum atomic E-state index is 14.3. The van der Waals surface area contributed by atoms with Gasteiger partial charge < -0.3 is 55.1 Å². The minimum Gasteiger partial charge on any atom is -0.491 e. The van der Waals surface area contributed by atoms with Gasteiger partial charge in [0.25, 0.3) is 5.91 Å². The fourth-order valence-electron chi connectivity index (χ4n) is 13.3. The summed E-state index contributed by atoms with van der Waals surface area (Å²) in [5.74, 6) is 1.04. The predicted molar refractivity (Wildman–Crippen MR) is 324 cm³/mol. The fraction of sp³-hybridized carbons (Fsp3) is 0.733. The van der Waals surface area contributed by atoms with Crippen molar-refractivity contribution in [1.29, 1.82) is 0 Å². The number of carbonyl (C=O) groups is 4. The van der Waals surface area contributed by atoms with Crippen molar-refractivity contribution in [3.8, 4) is 5.75 Å². The number of halogens is 1. The van der Waals surface area contributed by atoms with Gasteiger partial charge in [0, 0.05) is 105 Å². The maximum Gasteiger partial charge on any atom is 0.255 e. The Kier molecular flexibility index (Phi) is 24.6. The van der Waals surface area contributed by atoms with Gasteiger partial charge in [-0.1, -0.05) is 70.9 Å². The molecule has 0 radical (unpaired) electrons. The summed E-state index contributed by atoms with van der Waals surface area (Å²) in [7, 11) is 0. The van der Waals surface area contributed by atoms with Crippen LogP contribution >= 0.6 is 23.4 Å². The third-order valence-corrected chi connectivity index (χ3v) is 19.7. The van der Waals surface area contributed by atoms with E-state index in [1.165, 1.54) is 4.90 Å². The lowest BCUT2D eigenvalue weighted by molar-refractivity contribution is -0.143. The average Bonchev–Trinajstić information content (AvgIpc) is 3.07. The molecule has 22 nitrogen and oxygen atoms in total. The van der Waals surface area contributed by atoms with Crippen LogP contribution in [0.3, 0.4) is 0 Å². The first kappa shape index (κ1) is 64.7. The number of β-amino-alcohol motifs (C(OH)–C–C–N with tert-alkyl or cyclic N) is 1. The molecule has 5 saturated heterocycles. The number of hydrogen-bond acceptors (Lipinski definition) is 19. The Bertz CT molecular complexity index is 2450. The molecule has 24 heteroatoms. The first-order valence-electron chi connectivity index (χ1n) is 31.2. The van der Waals surface area contributed by atoms with Crippen LogP contribution in [0.2, 0.25) is 0 Å². The monoisotopic (exact) mass is 1210 g/mol. The summed E-state index contributed by atoms with van der Waals surface area (Å²) in [6.07, 6.45) is 7.96. The fourth-order valence-corrected chi connectivity index (χ4v) is 14.8. The summed E-state index contributed by atoms with van der Waals surface area (Å²) in [4.78, 5) is 57.5. The molecule has 6 fully saturated rings. The number of ether oxygens (including phenoxy) is 4. The van der Waals surface area contributed by atoms with Crippen LogP contribution in [0.25, 0.3) is 0 Å². The number of hydrogen-bond donors (Lipinski definition) is 10. The van der Waals surface area contributed by atoms with Gasteiger partial charge in [-0.15, -0.1) is 23.4 Å². The smallest absolute Gasteiger partial charge is 0.255 e. The highest BCUT2D eigenvalue weighted by Gasteiger charge is 2.47. The van der Waals surface area contributed by atoms with Crippen LogP contribution in [0.15, 0.2) is 42.5 Å². The Morgan fingerprint density at radius 3 is 2.43 bits per heavy atom. The molecule has 0 aromatic heterocycles. The van der Waals surface area contributed by atoms with Crippen molar-refractivity contribution in [1.82, 2.24) is 68.1 Å². The number of nitrogens with zero attached hydrogens (tertiary/aromatic N) is 4. The topological polar surface area (TPSA) is 247 Å². The lowest BCUT2D eigenvalue weighted by atomic mass is 9.88. The van der Waals surface area contributed by atoms with E-state index < -0.39 is 18.2 Å². The number of benzene rings is 2. The second-order valence-corrected chi connectivity index (χ2v) is 25.8. The second-order valence-electron chi connectivity index (χ2n) is 24.1. The van der Waals surface area contributed by atoms with E-state index >= 15 is 0 Å². The Hall–Kier alpha value is -3.76. The second kappa shape index (κ2) is 31.9. The number of amides is 4. The normalized spacial score (nSPS) is 28.4. The SMILES string of the molecule is CCC(CC)C1CC(N[C@H]2CC[C@H](NCC(=O)NCCCC3CN(CCOCCOCCOCCOc4cc(C5SCNC5C)ccc4CNC(=O)[C@@H]4C[C@@H](O)CN4C(=O)[C@H](C(C)C)N4Cc5ccccc5C4=O)NN3)C2)N2NCC(Cl)C2N1. The van der Waals surface area contributed by atoms with Crippen molar-refractivity contribution in [2.45, 2.75) is 177 Å². The van der Waals surface area contributed by atoms with Crippen molar-refractivity contribution in [3.05, 3.63) is 64.7 Å². The van der Waals surface area contributed by atoms with Crippen molar-refractivity contribution < 1.29 is 43.2 Å². The summed E-state index contributed by atoms with van der Waals surface area (Å²) in [5, 5.41) is 36.5. The molecule has 12 atom stereocenters. The van der Waals surface area contributed by atoms with E-state index in [2.05, 4.69) is 85.1 Å². The zero-order valence-corrected chi connectivity index (χ0v) is 51.7. The van der Waals surface area contributed by atoms with Gasteiger partial charge in [-0.25, -0.2) is 15.4 Å². The summed E-state index contributed by atoms with van der Waals surface area (Å²) in [5.41, 5.74) is 13.5. The molecule has 1 aliphatic carbocycles. The highest BCUT2D eigenvalue weighted by molar-refractivity contribution is 7.99. The van der Waals surface area contributed by atoms with Crippen LogP contribution in [-0.4, -0.2) is 206 Å². The summed E-state index contributed by atoms with van der Waals surface area (Å²) < 4.78 is 23.8. The van der Waals surface area contributed by atoms with Crippen LogP contribution in [0, 0.1) is 11.8 Å². The number of hydrazine groups is 3. The Morgan fingerprint density at radius 2 is 1.68 bits per heavy atom. The molecular weight excluding hydrogens is 1110 g/mol. The van der Waals surface area contributed by atoms with Crippen molar-refractivity contribution in [2.75, 3.05) is 91.4 Å². The number of carbonyl (C=O) groups excluding carboxylic acids is 4. The lowest BCUT2D eigenvalue weighted by Crippen LogP contribution is -2.67. The van der Waals surface area contributed by atoms with Gasteiger partial charge in [0.05, 0.1) is 70.0 Å². The van der Waals surface area contributed by atoms with Crippen LogP contribution < -0.4 is 53.0 Å². The van der Waals surface area contributed by atoms with Crippen LogP contribution in [-0.2, 0) is 41.7 Å². The van der Waals surface area contributed by atoms with Crippen LogP contribution in [0.1, 0.15) is 125 Å². The largest absolute Gasteiger partial charge is 0.491 e. The Balaban J connectivity index is 0.602. The standard InChI is InChI=1S/C60H96ClN13O9S/c1-6-40(7-2)50-30-53(74-57(68-50)49(61)32-66-74)67-45-17-16-44(28-45)63-33-54(76)62-18-10-12-46-35-71(70-69-46)19-20-80-21-22-81-23-24-82-25-26-83-52-27-41(56-39(5)65-37-84-56)14-15-42(52)31-64-58(77)51-29-47(75)36-72(51)60(79)55(38(3)4)73-34-43-11-8-9-13-48(43)59(73)78/h8-9,11,13-15,27,38-40,44-47,49-51,53,55-57,63,65-70,75H,6-7,10,12,16-26,28-37H2,1-5H3,(H,62,76)(H,64,77)/t39?,44-,45-,46?,47+,49?,50?,51-,53?,55-,56?,57?/m0/s1. The van der Waals surface area contributed by atoms with E-state index in [1.54, 1.807) is 11.0 Å². The quantitative estimate of drug-likeness (QED) is 0.0374. The predicted octanol–water partition coefficient (Wildman–Crippen LogP) is 2.67. The third kappa shape index (κ3) is 17.1. The third-order valence-electron chi connectivity index (χ3n) is 17.9. The highest BCUT2D eigenvalue weighted by atomic mass is 35.5. The van der Waals surface area contributed by atoms with Gasteiger partial charge >= 0.3 is 0 Å². The van der Waals surface area contributed by atoms with Gasteiger partial charge in [-0.05, 0) is 80.5 Å². The number of likely N-dealkylation sites (tertiary alicyclic amines) is 1. The zero-order valence-electron chi connectivity index (χ0n) is 50.1. The Morgan fingerprint density at radius 1 is 0.917 bits per heavy atom. The highest BCUT2D eigenvalue weighted by Crippen LogP contribution is 2.39. The molecule has 84 heavy (non-hydrogen) atoms. The van der Waals surface area contributed by atoms with Gasteiger partial charge in [0.1, 0.15) is 24.4 Å². The molecule has 0 spiro atoms. The number of alkyl halides is 1. The molecule has 2 aromatic carbocycles. The summed E-state index contributed by atoms with van der Waals surface area (Å²) in [6.45, 7) is 17.2. The van der Waals surface area contributed by atoms with Crippen LogP contribution in [0.4, 0.5) is 0 Å². The molecule has 4 amide bonds. The summed E-state index contributed by atoms with van der Waals surface area (Å²) in [6, 6.07) is 13.5. The number of aliphatic hydroxyl groups is 1. The number of rotatable bonds is 32. The molecule has 10 N–H and O–H groups in total. The summed E-state index contributed by atoms with van der Waals surface area (Å²) >= 11 is 8.57. The molecule has 6 aliphatic heterocycles. The molecule has 6 heterocycles.